The molecule has 0 fully saturated rings. The van der Waals surface area contributed by atoms with Gasteiger partial charge in [0.2, 0.25) is 5.79 Å². The maximum Gasteiger partial charge on any atom is 0.227 e. The van der Waals surface area contributed by atoms with Crippen LogP contribution in [-0.2, 0) is 9.47 Å². The third kappa shape index (κ3) is 2.54. The van der Waals surface area contributed by atoms with Crippen LogP contribution in [0.2, 0.25) is 0 Å². The van der Waals surface area contributed by atoms with Crippen LogP contribution in [0.5, 0.6) is 5.75 Å². The number of hydrogen-bond acceptors (Lipinski definition) is 5. The van der Waals surface area contributed by atoms with Gasteiger partial charge in [0, 0.05) is 20.3 Å². The summed E-state index contributed by atoms with van der Waals surface area (Å²) in [4.78, 5) is 0. The molecule has 0 heterocycles. The van der Waals surface area contributed by atoms with Gasteiger partial charge in [0.05, 0.1) is 0 Å². The average molecular weight is 262 g/mol. The van der Waals surface area contributed by atoms with Gasteiger partial charge in [0.15, 0.2) is 0 Å². The van der Waals surface area contributed by atoms with Crippen molar-refractivity contribution in [1.82, 2.24) is 0 Å². The molecule has 0 bridgehead atoms. The van der Waals surface area contributed by atoms with Gasteiger partial charge in [-0.15, -0.1) is 0 Å². The highest BCUT2D eigenvalue weighted by atomic mass is 16.7. The van der Waals surface area contributed by atoms with Gasteiger partial charge in [-0.25, -0.2) is 0 Å². The molecule has 19 heavy (non-hydrogen) atoms. The van der Waals surface area contributed by atoms with Crippen molar-refractivity contribution < 1.29 is 14.2 Å². The Balaban J connectivity index is 2.28. The van der Waals surface area contributed by atoms with Crippen molar-refractivity contribution in [2.45, 2.75) is 11.4 Å². The van der Waals surface area contributed by atoms with Gasteiger partial charge in [-0.2, -0.15) is 0 Å². The molecule has 0 aromatic heterocycles. The minimum atomic E-state index is -1.26. The topological polar surface area (TPSA) is 79.7 Å². The Hall–Kier alpha value is -1.66. The molecule has 0 unspecified atom stereocenters. The van der Waals surface area contributed by atoms with Gasteiger partial charge >= 0.3 is 0 Å². The van der Waals surface area contributed by atoms with Gasteiger partial charge in [-0.1, -0.05) is 18.2 Å². The van der Waals surface area contributed by atoms with E-state index in [4.69, 9.17) is 25.7 Å². The van der Waals surface area contributed by atoms with Crippen LogP contribution in [0.25, 0.3) is 0 Å². The fourth-order valence-electron chi connectivity index (χ4n) is 1.94. The Morgan fingerprint density at radius 2 is 1.63 bits per heavy atom. The predicted molar refractivity (Wildman–Crippen MR) is 72.1 cm³/mol. The zero-order valence-corrected chi connectivity index (χ0v) is 11.0. The minimum absolute atomic E-state index is 0.557. The molecule has 4 N–H and O–H groups in total. The normalized spacial score (nSPS) is 19.9. The summed E-state index contributed by atoms with van der Waals surface area (Å²) in [5.41, 5.74) is 10.7. The molecule has 5 nitrogen and oxygen atoms in total. The number of methoxy groups -OCH3 is 2. The Labute approximate surface area is 112 Å². The summed E-state index contributed by atoms with van der Waals surface area (Å²) in [6.07, 6.45) is 4.92. The zero-order chi connectivity index (χ0) is 13.9. The van der Waals surface area contributed by atoms with E-state index >= 15 is 0 Å². The van der Waals surface area contributed by atoms with E-state index in [0.717, 1.165) is 0 Å². The van der Waals surface area contributed by atoms with E-state index in [0.29, 0.717) is 11.5 Å². The highest BCUT2D eigenvalue weighted by molar-refractivity contribution is 5.34. The second-order valence-corrected chi connectivity index (χ2v) is 4.30. The monoisotopic (exact) mass is 262 g/mol. The van der Waals surface area contributed by atoms with Crippen molar-refractivity contribution in [3.8, 4) is 5.75 Å². The molecule has 0 amide bonds. The molecule has 1 aromatic rings. The first-order valence-electron chi connectivity index (χ1n) is 5.86. The molecule has 0 saturated carbocycles. The van der Waals surface area contributed by atoms with Crippen LogP contribution in [0.3, 0.4) is 0 Å². The number of hydrogen-bond donors (Lipinski definition) is 2. The highest BCUT2D eigenvalue weighted by Gasteiger charge is 2.47. The van der Waals surface area contributed by atoms with Crippen molar-refractivity contribution >= 4 is 0 Å². The van der Waals surface area contributed by atoms with E-state index in [1.807, 2.05) is 30.3 Å². The third-order valence-electron chi connectivity index (χ3n) is 3.04. The quantitative estimate of drug-likeness (QED) is 0.795. The fraction of sp³-hybridized carbons (Fsp3) is 0.286. The lowest BCUT2D eigenvalue weighted by atomic mass is 9.94. The molecule has 102 valence electrons. The third-order valence-corrected chi connectivity index (χ3v) is 3.04. The van der Waals surface area contributed by atoms with Crippen LogP contribution in [0, 0.1) is 0 Å². The van der Waals surface area contributed by atoms with Crippen LogP contribution in [0.1, 0.15) is 0 Å². The smallest absolute Gasteiger partial charge is 0.227 e. The first-order valence-corrected chi connectivity index (χ1v) is 5.86. The SMILES string of the molecule is COC1(OC)C=C(Oc2ccccc2)C=CC1(N)N. The molecule has 0 saturated heterocycles. The first-order chi connectivity index (χ1) is 9.03. The molecule has 0 radical (unpaired) electrons. The maximum absolute atomic E-state index is 5.97. The Morgan fingerprint density at radius 1 is 1.00 bits per heavy atom. The summed E-state index contributed by atoms with van der Waals surface area (Å²) in [6.45, 7) is 0. The number of nitrogens with two attached hydrogens (primary N) is 2. The Kier molecular flexibility index (Phi) is 3.73. The standard InChI is InChI=1S/C14H18N2O3/c1-17-14(18-2)10-12(8-9-13(14,15)16)19-11-6-4-3-5-7-11/h3-10H,15-16H2,1-2H3. The zero-order valence-electron chi connectivity index (χ0n) is 11.0. The Morgan fingerprint density at radius 3 is 2.21 bits per heavy atom. The number of para-hydroxylation sites is 1. The average Bonchev–Trinajstić information content (AvgIpc) is 2.42. The van der Waals surface area contributed by atoms with Crippen molar-refractivity contribution in [3.63, 3.8) is 0 Å². The molecule has 1 aromatic carbocycles. The molecule has 0 aliphatic heterocycles. The van der Waals surface area contributed by atoms with Crippen molar-refractivity contribution in [1.29, 1.82) is 0 Å². The molecule has 1 aliphatic rings. The van der Waals surface area contributed by atoms with Crippen LogP contribution in [0.4, 0.5) is 0 Å². The van der Waals surface area contributed by atoms with Gasteiger partial charge in [-0.05, 0) is 24.3 Å². The molecule has 1 aliphatic carbocycles. The summed E-state index contributed by atoms with van der Waals surface area (Å²) >= 11 is 0. The first kappa shape index (κ1) is 13.8. The largest absolute Gasteiger partial charge is 0.458 e. The van der Waals surface area contributed by atoms with Crippen molar-refractivity contribution in [3.05, 3.63) is 54.3 Å². The summed E-state index contributed by atoms with van der Waals surface area (Å²) in [7, 11) is 2.96. The van der Waals surface area contributed by atoms with Crippen LogP contribution in [-0.4, -0.2) is 25.7 Å². The van der Waals surface area contributed by atoms with Gasteiger partial charge in [-0.3, -0.25) is 0 Å². The number of allylic oxidation sites excluding steroid dienone is 1. The lowest BCUT2D eigenvalue weighted by Gasteiger charge is -2.41. The molecular formula is C14H18N2O3. The van der Waals surface area contributed by atoms with E-state index in [1.54, 1.807) is 18.2 Å². The summed E-state index contributed by atoms with van der Waals surface area (Å²) in [5, 5.41) is 0. The van der Waals surface area contributed by atoms with Gasteiger partial charge < -0.3 is 25.7 Å². The van der Waals surface area contributed by atoms with Crippen LogP contribution < -0.4 is 16.2 Å². The van der Waals surface area contributed by atoms with E-state index in [-0.39, 0.29) is 0 Å². The molecule has 2 rings (SSSR count). The molecule has 5 heteroatoms. The van der Waals surface area contributed by atoms with E-state index in [2.05, 4.69) is 0 Å². The minimum Gasteiger partial charge on any atom is -0.458 e. The lowest BCUT2D eigenvalue weighted by Crippen LogP contribution is -2.67. The fourth-order valence-corrected chi connectivity index (χ4v) is 1.94. The number of ether oxygens (including phenoxy) is 3. The van der Waals surface area contributed by atoms with Gasteiger partial charge in [0.1, 0.15) is 17.2 Å². The molecular weight excluding hydrogens is 244 g/mol. The second-order valence-electron chi connectivity index (χ2n) is 4.30. The van der Waals surface area contributed by atoms with Crippen molar-refractivity contribution in [2.75, 3.05) is 14.2 Å². The number of benzene rings is 1. The summed E-state index contributed by atoms with van der Waals surface area (Å²) in [6, 6.07) is 9.39. The lowest BCUT2D eigenvalue weighted by molar-refractivity contribution is -0.203. The Bertz CT molecular complexity index is 491. The predicted octanol–water partition coefficient (Wildman–Crippen LogP) is 1.12. The molecule has 0 spiro atoms. The number of rotatable bonds is 4. The van der Waals surface area contributed by atoms with Crippen molar-refractivity contribution in [2.24, 2.45) is 11.5 Å². The van der Waals surface area contributed by atoms with E-state index in [1.165, 1.54) is 14.2 Å². The highest BCUT2D eigenvalue weighted by Crippen LogP contribution is 2.30. The van der Waals surface area contributed by atoms with Gasteiger partial charge in [0.25, 0.3) is 0 Å². The second kappa shape index (κ2) is 5.14. The van der Waals surface area contributed by atoms with Crippen LogP contribution >= 0.6 is 0 Å². The summed E-state index contributed by atoms with van der Waals surface area (Å²) in [5.74, 6) is 0.00811. The summed E-state index contributed by atoms with van der Waals surface area (Å²) < 4.78 is 16.4. The van der Waals surface area contributed by atoms with Crippen LogP contribution in [0.15, 0.2) is 54.3 Å². The molecule has 0 atom stereocenters. The maximum atomic E-state index is 5.97. The van der Waals surface area contributed by atoms with E-state index < -0.39 is 11.4 Å². The van der Waals surface area contributed by atoms with E-state index in [9.17, 15) is 0 Å².